The van der Waals surface area contributed by atoms with Crippen LogP contribution in [0.1, 0.15) is 31.0 Å². The Bertz CT molecular complexity index is 1320. The van der Waals surface area contributed by atoms with Crippen molar-refractivity contribution in [3.63, 3.8) is 0 Å². The summed E-state index contributed by atoms with van der Waals surface area (Å²) in [5, 5.41) is 41.3. The number of aromatic nitrogens is 4. The third-order valence-corrected chi connectivity index (χ3v) is 5.81. The maximum atomic E-state index is 10.9. The molecule has 1 amide bonds. The first kappa shape index (κ1) is 22.9. The van der Waals surface area contributed by atoms with E-state index < -0.39 is 6.09 Å². The quantitative estimate of drug-likeness (QED) is 0.411. The molecule has 0 radical (unpaired) electrons. The van der Waals surface area contributed by atoms with Crippen LogP contribution in [0.25, 0.3) is 5.65 Å². The van der Waals surface area contributed by atoms with Crippen LogP contribution >= 0.6 is 11.6 Å². The number of carbonyl (C=O) groups is 1. The van der Waals surface area contributed by atoms with Crippen LogP contribution in [0, 0.1) is 22.7 Å². The number of hydrogen-bond acceptors (Lipinski definition) is 9. The average Bonchev–Trinajstić information content (AvgIpc) is 3.24. The molecule has 4 N–H and O–H groups in total. The second kappa shape index (κ2) is 9.68. The summed E-state index contributed by atoms with van der Waals surface area (Å²) in [6, 6.07) is 7.37. The standard InChI is InChI=1S/C21H21ClN10O2/c1-2-25-18-19-26-11-14(10-24)32(19)30-20(29-18)28-15-7-12(9-23)8-16(17(15)22)31-5-3-13(4-6-31)27-21(33)34/h7-8,11,13,27H,2-6H2,1H3,(H,33,34)(H2,25,28,29,30). The number of rotatable bonds is 6. The Hall–Kier alpha value is -4.29. The van der Waals surface area contributed by atoms with Gasteiger partial charge in [-0.3, -0.25) is 0 Å². The van der Waals surface area contributed by atoms with Gasteiger partial charge in [-0.2, -0.15) is 20.0 Å². The number of piperidine rings is 1. The number of anilines is 4. The summed E-state index contributed by atoms with van der Waals surface area (Å²) in [6.45, 7) is 3.65. The van der Waals surface area contributed by atoms with E-state index >= 15 is 0 Å². The molecule has 3 aromatic rings. The Morgan fingerprint density at radius 2 is 2.06 bits per heavy atom. The number of nitrogens with zero attached hydrogens (tertiary/aromatic N) is 7. The number of nitriles is 2. The highest BCUT2D eigenvalue weighted by molar-refractivity contribution is 6.36. The third kappa shape index (κ3) is 4.58. The number of fused-ring (bicyclic) bond motifs is 1. The van der Waals surface area contributed by atoms with Gasteiger partial charge >= 0.3 is 6.09 Å². The Kier molecular flexibility index (Phi) is 6.52. The van der Waals surface area contributed by atoms with Crippen molar-refractivity contribution in [3.8, 4) is 12.1 Å². The van der Waals surface area contributed by atoms with Gasteiger partial charge in [-0.05, 0) is 31.9 Å². The Morgan fingerprint density at radius 3 is 2.71 bits per heavy atom. The highest BCUT2D eigenvalue weighted by atomic mass is 35.5. The van der Waals surface area contributed by atoms with Crippen molar-refractivity contribution in [1.82, 2.24) is 24.9 Å². The zero-order chi connectivity index (χ0) is 24.2. The van der Waals surface area contributed by atoms with E-state index in [0.717, 1.165) is 0 Å². The molecule has 1 saturated heterocycles. The minimum absolute atomic E-state index is 0.126. The monoisotopic (exact) mass is 480 g/mol. The number of imidazole rings is 1. The largest absolute Gasteiger partial charge is 0.465 e. The van der Waals surface area contributed by atoms with Crippen molar-refractivity contribution in [2.75, 3.05) is 35.2 Å². The minimum atomic E-state index is -1.04. The fourth-order valence-electron chi connectivity index (χ4n) is 3.85. The van der Waals surface area contributed by atoms with Crippen molar-refractivity contribution >= 4 is 46.5 Å². The van der Waals surface area contributed by atoms with Gasteiger partial charge in [0.25, 0.3) is 0 Å². The predicted molar refractivity (Wildman–Crippen MR) is 126 cm³/mol. The maximum Gasteiger partial charge on any atom is 0.404 e. The van der Waals surface area contributed by atoms with Gasteiger partial charge in [0.15, 0.2) is 17.2 Å². The van der Waals surface area contributed by atoms with E-state index in [1.807, 2.05) is 17.9 Å². The maximum absolute atomic E-state index is 10.9. The van der Waals surface area contributed by atoms with Gasteiger partial charge in [-0.15, -0.1) is 5.10 Å². The molecule has 0 atom stereocenters. The molecule has 174 valence electrons. The van der Waals surface area contributed by atoms with Crippen LogP contribution in [0.15, 0.2) is 18.3 Å². The average molecular weight is 481 g/mol. The van der Waals surface area contributed by atoms with Crippen molar-refractivity contribution in [3.05, 3.63) is 34.6 Å². The third-order valence-electron chi connectivity index (χ3n) is 5.41. The molecule has 13 heteroatoms. The normalized spacial score (nSPS) is 13.8. The first-order chi connectivity index (χ1) is 16.4. The molecule has 0 unspecified atom stereocenters. The van der Waals surface area contributed by atoms with E-state index in [4.69, 9.17) is 16.7 Å². The Labute approximate surface area is 199 Å². The van der Waals surface area contributed by atoms with E-state index in [0.29, 0.717) is 65.9 Å². The molecule has 3 heterocycles. The number of benzene rings is 1. The molecular formula is C21H21ClN10O2. The van der Waals surface area contributed by atoms with E-state index in [9.17, 15) is 15.3 Å². The summed E-state index contributed by atoms with van der Waals surface area (Å²) in [7, 11) is 0. The van der Waals surface area contributed by atoms with Crippen LogP contribution < -0.4 is 20.9 Å². The smallest absolute Gasteiger partial charge is 0.404 e. The molecule has 1 fully saturated rings. The SMILES string of the molecule is CCNc1nc(Nc2cc(C#N)cc(N3CCC(NC(=O)O)CC3)c2Cl)nn2c(C#N)cnc12. The number of hydrogen-bond donors (Lipinski definition) is 4. The molecule has 1 aliphatic heterocycles. The van der Waals surface area contributed by atoms with Crippen LogP contribution in [0.4, 0.5) is 27.9 Å². The van der Waals surface area contributed by atoms with Crippen molar-refractivity contribution in [2.45, 2.75) is 25.8 Å². The van der Waals surface area contributed by atoms with Crippen LogP contribution in [0.3, 0.4) is 0 Å². The zero-order valence-electron chi connectivity index (χ0n) is 18.2. The van der Waals surface area contributed by atoms with Crippen LogP contribution in [-0.2, 0) is 0 Å². The van der Waals surface area contributed by atoms with Gasteiger partial charge in [0.2, 0.25) is 5.95 Å². The first-order valence-corrected chi connectivity index (χ1v) is 11.0. The van der Waals surface area contributed by atoms with Gasteiger partial charge in [0.05, 0.1) is 34.2 Å². The lowest BCUT2D eigenvalue weighted by molar-refractivity contribution is 0.187. The predicted octanol–water partition coefficient (Wildman–Crippen LogP) is 2.93. The molecule has 2 aromatic heterocycles. The fourth-order valence-corrected chi connectivity index (χ4v) is 4.13. The van der Waals surface area contributed by atoms with Gasteiger partial charge in [-0.1, -0.05) is 11.6 Å². The van der Waals surface area contributed by atoms with E-state index in [2.05, 4.69) is 37.1 Å². The molecule has 1 aliphatic rings. The fraction of sp³-hybridized carbons (Fsp3) is 0.333. The van der Waals surface area contributed by atoms with Crippen LogP contribution in [0.2, 0.25) is 5.02 Å². The lowest BCUT2D eigenvalue weighted by Crippen LogP contribution is -2.44. The molecular weight excluding hydrogens is 460 g/mol. The summed E-state index contributed by atoms with van der Waals surface area (Å²) in [5.74, 6) is 0.618. The molecule has 0 spiro atoms. The molecule has 4 rings (SSSR count). The van der Waals surface area contributed by atoms with E-state index in [1.54, 1.807) is 12.1 Å². The molecule has 1 aromatic carbocycles. The van der Waals surface area contributed by atoms with E-state index in [-0.39, 0.29) is 17.7 Å². The number of halogens is 1. The molecule has 0 saturated carbocycles. The highest BCUT2D eigenvalue weighted by Gasteiger charge is 2.24. The van der Waals surface area contributed by atoms with Gasteiger partial charge in [0.1, 0.15) is 6.07 Å². The van der Waals surface area contributed by atoms with Crippen LogP contribution in [-0.4, -0.2) is 56.5 Å². The molecule has 0 bridgehead atoms. The zero-order valence-corrected chi connectivity index (χ0v) is 19.0. The van der Waals surface area contributed by atoms with Gasteiger partial charge in [0, 0.05) is 25.7 Å². The van der Waals surface area contributed by atoms with Crippen LogP contribution in [0.5, 0.6) is 0 Å². The second-order valence-electron chi connectivity index (χ2n) is 7.61. The number of carboxylic acid groups (broad SMARTS) is 1. The number of nitrogens with one attached hydrogen (secondary N) is 3. The summed E-state index contributed by atoms with van der Waals surface area (Å²) in [4.78, 5) is 21.6. The van der Waals surface area contributed by atoms with Crippen molar-refractivity contribution in [2.24, 2.45) is 0 Å². The summed E-state index contributed by atoms with van der Waals surface area (Å²) in [6.07, 6.45) is 1.61. The summed E-state index contributed by atoms with van der Waals surface area (Å²) in [5.41, 5.74) is 2.14. The highest BCUT2D eigenvalue weighted by Crippen LogP contribution is 2.37. The first-order valence-electron chi connectivity index (χ1n) is 10.6. The minimum Gasteiger partial charge on any atom is -0.465 e. The topological polar surface area (TPSA) is 167 Å². The van der Waals surface area contributed by atoms with Crippen molar-refractivity contribution in [1.29, 1.82) is 10.5 Å². The molecule has 12 nitrogen and oxygen atoms in total. The summed E-state index contributed by atoms with van der Waals surface area (Å²) < 4.78 is 1.39. The summed E-state index contributed by atoms with van der Waals surface area (Å²) >= 11 is 6.73. The Morgan fingerprint density at radius 1 is 1.29 bits per heavy atom. The number of amides is 1. The van der Waals surface area contributed by atoms with E-state index in [1.165, 1.54) is 10.7 Å². The molecule has 0 aliphatic carbocycles. The lowest BCUT2D eigenvalue weighted by atomic mass is 10.0. The Balaban J connectivity index is 1.67. The second-order valence-corrected chi connectivity index (χ2v) is 7.99. The van der Waals surface area contributed by atoms with Crippen molar-refractivity contribution < 1.29 is 9.90 Å². The lowest BCUT2D eigenvalue weighted by Gasteiger charge is -2.34. The van der Waals surface area contributed by atoms with Gasteiger partial charge in [-0.25, -0.2) is 9.78 Å². The molecule has 34 heavy (non-hydrogen) atoms. The van der Waals surface area contributed by atoms with Gasteiger partial charge < -0.3 is 26.0 Å².